The standard InChI is InChI=1S/C11H15F3N2/c1-8(15-2)3-4-9-7-16-6-5-10(9)11(12,13)14/h5-8,15H,3-4H2,1-2H3. The lowest BCUT2D eigenvalue weighted by Crippen LogP contribution is -2.22. The molecule has 0 aromatic carbocycles. The smallest absolute Gasteiger partial charge is 0.317 e. The maximum absolute atomic E-state index is 12.6. The minimum absolute atomic E-state index is 0.196. The first-order valence-electron chi connectivity index (χ1n) is 5.12. The number of nitrogens with one attached hydrogen (secondary N) is 1. The van der Waals surface area contributed by atoms with Crippen LogP contribution in [-0.4, -0.2) is 18.1 Å². The quantitative estimate of drug-likeness (QED) is 0.863. The Morgan fingerprint density at radius 3 is 2.69 bits per heavy atom. The first kappa shape index (κ1) is 13.0. The van der Waals surface area contributed by atoms with Crippen LogP contribution < -0.4 is 5.32 Å². The number of aromatic nitrogens is 1. The minimum Gasteiger partial charge on any atom is -0.317 e. The summed E-state index contributed by atoms with van der Waals surface area (Å²) in [6, 6.07) is 1.22. The lowest BCUT2D eigenvalue weighted by molar-refractivity contribution is -0.138. The first-order valence-corrected chi connectivity index (χ1v) is 5.12. The lowest BCUT2D eigenvalue weighted by Gasteiger charge is -2.14. The largest absolute Gasteiger partial charge is 0.416 e. The van der Waals surface area contributed by atoms with Crippen LogP contribution in [0.5, 0.6) is 0 Å². The molecule has 1 atom stereocenters. The summed E-state index contributed by atoms with van der Waals surface area (Å²) in [5.74, 6) is 0. The van der Waals surface area contributed by atoms with Crippen LogP contribution in [0.2, 0.25) is 0 Å². The number of aryl methyl sites for hydroxylation is 1. The van der Waals surface area contributed by atoms with Gasteiger partial charge in [0.15, 0.2) is 0 Å². The molecule has 2 nitrogen and oxygen atoms in total. The van der Waals surface area contributed by atoms with E-state index in [1.165, 1.54) is 12.4 Å². The fourth-order valence-corrected chi connectivity index (χ4v) is 1.42. The summed E-state index contributed by atoms with van der Waals surface area (Å²) in [6.45, 7) is 1.93. The summed E-state index contributed by atoms with van der Waals surface area (Å²) in [4.78, 5) is 3.74. The van der Waals surface area contributed by atoms with Crippen LogP contribution in [0.1, 0.15) is 24.5 Å². The Bertz CT molecular complexity index is 336. The van der Waals surface area contributed by atoms with Crippen molar-refractivity contribution in [3.05, 3.63) is 29.6 Å². The molecule has 1 N–H and O–H groups in total. The summed E-state index contributed by atoms with van der Waals surface area (Å²) in [7, 11) is 1.79. The highest BCUT2D eigenvalue weighted by Crippen LogP contribution is 2.31. The molecule has 90 valence electrons. The predicted octanol–water partition coefficient (Wildman–Crippen LogP) is 2.64. The van der Waals surface area contributed by atoms with Gasteiger partial charge in [0.25, 0.3) is 0 Å². The molecule has 1 rings (SSSR count). The Hall–Kier alpha value is -1.10. The second-order valence-corrected chi connectivity index (χ2v) is 3.76. The fourth-order valence-electron chi connectivity index (χ4n) is 1.42. The third-order valence-electron chi connectivity index (χ3n) is 2.55. The van der Waals surface area contributed by atoms with Gasteiger partial charge in [-0.05, 0) is 38.4 Å². The zero-order valence-corrected chi connectivity index (χ0v) is 9.30. The summed E-state index contributed by atoms with van der Waals surface area (Å²) in [5.41, 5.74) is -0.317. The van der Waals surface area contributed by atoms with Crippen molar-refractivity contribution in [2.45, 2.75) is 32.0 Å². The van der Waals surface area contributed by atoms with Gasteiger partial charge in [-0.25, -0.2) is 0 Å². The SMILES string of the molecule is CNC(C)CCc1cnccc1C(F)(F)F. The molecule has 0 aliphatic heterocycles. The highest BCUT2D eigenvalue weighted by Gasteiger charge is 2.32. The van der Waals surface area contributed by atoms with Gasteiger partial charge in [0, 0.05) is 18.4 Å². The van der Waals surface area contributed by atoms with Crippen molar-refractivity contribution in [3.8, 4) is 0 Å². The maximum atomic E-state index is 12.6. The molecule has 0 fully saturated rings. The zero-order valence-electron chi connectivity index (χ0n) is 9.30. The van der Waals surface area contributed by atoms with E-state index in [1.54, 1.807) is 7.05 Å². The molecule has 0 bridgehead atoms. The van der Waals surface area contributed by atoms with E-state index >= 15 is 0 Å². The molecule has 16 heavy (non-hydrogen) atoms. The second kappa shape index (κ2) is 5.30. The number of halogens is 3. The predicted molar refractivity (Wildman–Crippen MR) is 56.1 cm³/mol. The molecule has 1 aromatic heterocycles. The van der Waals surface area contributed by atoms with Gasteiger partial charge in [-0.1, -0.05) is 0 Å². The van der Waals surface area contributed by atoms with Gasteiger partial charge in [0.05, 0.1) is 5.56 Å². The van der Waals surface area contributed by atoms with Gasteiger partial charge in [0.2, 0.25) is 0 Å². The second-order valence-electron chi connectivity index (χ2n) is 3.76. The average molecular weight is 232 g/mol. The van der Waals surface area contributed by atoms with E-state index in [-0.39, 0.29) is 11.6 Å². The average Bonchev–Trinajstić information content (AvgIpc) is 2.25. The van der Waals surface area contributed by atoms with Crippen molar-refractivity contribution in [3.63, 3.8) is 0 Å². The molecule has 0 amide bonds. The fraction of sp³-hybridized carbons (Fsp3) is 0.545. The summed E-state index contributed by atoms with van der Waals surface area (Å²) >= 11 is 0. The van der Waals surface area contributed by atoms with Gasteiger partial charge < -0.3 is 5.32 Å². The highest BCUT2D eigenvalue weighted by molar-refractivity contribution is 5.26. The molecule has 0 spiro atoms. The van der Waals surface area contributed by atoms with Crippen LogP contribution in [0.15, 0.2) is 18.5 Å². The first-order chi connectivity index (χ1) is 7.45. The molecule has 0 aliphatic rings. The number of nitrogens with zero attached hydrogens (tertiary/aromatic N) is 1. The van der Waals surface area contributed by atoms with Crippen LogP contribution in [0.4, 0.5) is 13.2 Å². The van der Waals surface area contributed by atoms with Gasteiger partial charge in [-0.15, -0.1) is 0 Å². The van der Waals surface area contributed by atoms with Crippen LogP contribution in [0.3, 0.4) is 0 Å². The minimum atomic E-state index is -4.29. The Morgan fingerprint density at radius 2 is 2.12 bits per heavy atom. The van der Waals surface area contributed by atoms with E-state index < -0.39 is 11.7 Å². The van der Waals surface area contributed by atoms with Gasteiger partial charge >= 0.3 is 6.18 Å². The lowest BCUT2D eigenvalue weighted by atomic mass is 10.0. The zero-order chi connectivity index (χ0) is 12.2. The van der Waals surface area contributed by atoms with E-state index in [0.717, 1.165) is 6.07 Å². The van der Waals surface area contributed by atoms with Gasteiger partial charge in [-0.3, -0.25) is 4.98 Å². The normalized spacial score (nSPS) is 13.8. The molecular weight excluding hydrogens is 217 g/mol. The number of pyridine rings is 1. The van der Waals surface area contributed by atoms with Crippen molar-refractivity contribution >= 4 is 0 Å². The molecule has 1 heterocycles. The molecule has 0 radical (unpaired) electrons. The summed E-state index contributed by atoms with van der Waals surface area (Å²) < 4.78 is 37.8. The summed E-state index contributed by atoms with van der Waals surface area (Å²) in [5, 5.41) is 2.99. The van der Waals surface area contributed by atoms with Crippen LogP contribution in [-0.2, 0) is 12.6 Å². The molecule has 0 aliphatic carbocycles. The van der Waals surface area contributed by atoms with Gasteiger partial charge in [-0.2, -0.15) is 13.2 Å². The Balaban J connectivity index is 2.80. The Kier molecular flexibility index (Phi) is 4.29. The topological polar surface area (TPSA) is 24.9 Å². The van der Waals surface area contributed by atoms with E-state index in [1.807, 2.05) is 6.92 Å². The molecule has 0 saturated heterocycles. The Labute approximate surface area is 92.9 Å². The van der Waals surface area contributed by atoms with E-state index in [0.29, 0.717) is 12.8 Å². The molecule has 5 heteroatoms. The number of rotatable bonds is 4. The van der Waals surface area contributed by atoms with E-state index in [4.69, 9.17) is 0 Å². The molecule has 0 saturated carbocycles. The van der Waals surface area contributed by atoms with Crippen molar-refractivity contribution in [1.29, 1.82) is 0 Å². The van der Waals surface area contributed by atoms with Crippen molar-refractivity contribution in [2.24, 2.45) is 0 Å². The highest BCUT2D eigenvalue weighted by atomic mass is 19.4. The van der Waals surface area contributed by atoms with Crippen LogP contribution in [0.25, 0.3) is 0 Å². The maximum Gasteiger partial charge on any atom is 0.416 e. The summed E-state index contributed by atoms with van der Waals surface area (Å²) in [6.07, 6.45) is -0.782. The number of hydrogen-bond donors (Lipinski definition) is 1. The van der Waals surface area contributed by atoms with Crippen molar-refractivity contribution in [2.75, 3.05) is 7.05 Å². The van der Waals surface area contributed by atoms with Gasteiger partial charge in [0.1, 0.15) is 0 Å². The van der Waals surface area contributed by atoms with Crippen LogP contribution >= 0.6 is 0 Å². The number of hydrogen-bond acceptors (Lipinski definition) is 2. The molecular formula is C11H15F3N2. The van der Waals surface area contributed by atoms with Crippen molar-refractivity contribution in [1.82, 2.24) is 10.3 Å². The third kappa shape index (κ3) is 3.48. The Morgan fingerprint density at radius 1 is 1.44 bits per heavy atom. The monoisotopic (exact) mass is 232 g/mol. The van der Waals surface area contributed by atoms with Crippen LogP contribution in [0, 0.1) is 0 Å². The van der Waals surface area contributed by atoms with E-state index in [9.17, 15) is 13.2 Å². The van der Waals surface area contributed by atoms with E-state index in [2.05, 4.69) is 10.3 Å². The number of alkyl halides is 3. The third-order valence-corrected chi connectivity index (χ3v) is 2.55. The molecule has 1 unspecified atom stereocenters. The van der Waals surface area contributed by atoms with Crippen molar-refractivity contribution < 1.29 is 13.2 Å². The molecule has 1 aromatic rings.